The van der Waals surface area contributed by atoms with Crippen molar-refractivity contribution in [3.63, 3.8) is 0 Å². The summed E-state index contributed by atoms with van der Waals surface area (Å²) in [7, 11) is -1.01. The van der Waals surface area contributed by atoms with Crippen molar-refractivity contribution in [3.05, 3.63) is 52.0 Å². The second kappa shape index (κ2) is 13.2. The van der Waals surface area contributed by atoms with E-state index in [0.29, 0.717) is 33.5 Å². The van der Waals surface area contributed by atoms with Crippen molar-refractivity contribution in [1.82, 2.24) is 10.2 Å². The van der Waals surface area contributed by atoms with Gasteiger partial charge in [-0.3, -0.25) is 13.9 Å². The van der Waals surface area contributed by atoms with Gasteiger partial charge in [0.2, 0.25) is 21.8 Å². The highest BCUT2D eigenvalue weighted by molar-refractivity contribution is 7.92. The molecule has 0 aliphatic heterocycles. The van der Waals surface area contributed by atoms with Gasteiger partial charge in [0.05, 0.1) is 36.2 Å². The molecule has 0 radical (unpaired) electrons. The first-order chi connectivity index (χ1) is 17.3. The van der Waals surface area contributed by atoms with Crippen molar-refractivity contribution in [1.29, 1.82) is 0 Å². The number of hydrogen-bond acceptors (Lipinski definition) is 6. The molecule has 12 heteroatoms. The predicted molar refractivity (Wildman–Crippen MR) is 146 cm³/mol. The molecular formula is C25H33Cl2N3O6S. The fourth-order valence-corrected chi connectivity index (χ4v) is 4.64. The Kier molecular flexibility index (Phi) is 10.9. The lowest BCUT2D eigenvalue weighted by Crippen LogP contribution is -2.52. The summed E-state index contributed by atoms with van der Waals surface area (Å²) in [6.07, 6.45) is 1.71. The molecule has 0 saturated carbocycles. The van der Waals surface area contributed by atoms with Gasteiger partial charge in [-0.2, -0.15) is 0 Å². The number of nitrogens with one attached hydrogen (secondary N) is 1. The van der Waals surface area contributed by atoms with Crippen LogP contribution in [-0.2, 0) is 26.2 Å². The number of halogens is 2. The van der Waals surface area contributed by atoms with Crippen molar-refractivity contribution in [3.8, 4) is 11.5 Å². The molecule has 204 valence electrons. The van der Waals surface area contributed by atoms with E-state index in [1.165, 1.54) is 31.3 Å². The van der Waals surface area contributed by atoms with E-state index in [1.807, 2.05) is 13.8 Å². The number of benzene rings is 2. The fourth-order valence-electron chi connectivity index (χ4n) is 3.48. The van der Waals surface area contributed by atoms with E-state index in [9.17, 15) is 18.0 Å². The molecule has 2 aromatic rings. The van der Waals surface area contributed by atoms with Gasteiger partial charge in [0.1, 0.15) is 12.6 Å². The number of sulfonamides is 1. The summed E-state index contributed by atoms with van der Waals surface area (Å²) in [4.78, 5) is 27.9. The molecule has 0 saturated heterocycles. The second-order valence-corrected chi connectivity index (χ2v) is 11.3. The zero-order valence-electron chi connectivity index (χ0n) is 21.7. The van der Waals surface area contributed by atoms with Crippen LogP contribution in [0.25, 0.3) is 0 Å². The molecule has 0 heterocycles. The minimum atomic E-state index is -3.89. The van der Waals surface area contributed by atoms with Crippen molar-refractivity contribution in [2.45, 2.75) is 45.8 Å². The lowest BCUT2D eigenvalue weighted by Gasteiger charge is -2.32. The number of nitrogens with zero attached hydrogens (tertiary/aromatic N) is 2. The molecule has 2 unspecified atom stereocenters. The minimum absolute atomic E-state index is 0.00828. The topological polar surface area (TPSA) is 105 Å². The van der Waals surface area contributed by atoms with E-state index in [2.05, 4.69) is 5.32 Å². The average Bonchev–Trinajstić information content (AvgIpc) is 2.85. The predicted octanol–water partition coefficient (Wildman–Crippen LogP) is 4.11. The lowest BCUT2D eigenvalue weighted by atomic mass is 10.1. The van der Waals surface area contributed by atoms with Crippen LogP contribution in [-0.4, -0.2) is 64.2 Å². The summed E-state index contributed by atoms with van der Waals surface area (Å²) >= 11 is 12.2. The van der Waals surface area contributed by atoms with Crippen LogP contribution < -0.4 is 19.1 Å². The van der Waals surface area contributed by atoms with E-state index in [4.69, 9.17) is 32.7 Å². The van der Waals surface area contributed by atoms with Gasteiger partial charge in [0, 0.05) is 18.7 Å². The molecule has 0 spiro atoms. The summed E-state index contributed by atoms with van der Waals surface area (Å²) in [6, 6.07) is 8.42. The Bertz CT molecular complexity index is 1220. The first kappa shape index (κ1) is 30.5. The average molecular weight is 575 g/mol. The molecular weight excluding hydrogens is 541 g/mol. The first-order valence-corrected chi connectivity index (χ1v) is 14.2. The van der Waals surface area contributed by atoms with E-state index in [1.54, 1.807) is 31.2 Å². The number of carbonyl (C=O) groups excluding carboxylic acids is 2. The van der Waals surface area contributed by atoms with E-state index >= 15 is 0 Å². The highest BCUT2D eigenvalue weighted by Crippen LogP contribution is 2.32. The number of carbonyl (C=O) groups is 2. The Balaban J connectivity index is 2.46. The number of methoxy groups -OCH3 is 2. The first-order valence-electron chi connectivity index (χ1n) is 11.6. The quantitative estimate of drug-likeness (QED) is 0.409. The van der Waals surface area contributed by atoms with E-state index < -0.39 is 28.5 Å². The molecule has 0 aliphatic rings. The Hall–Kier alpha value is -2.69. The fraction of sp³-hybridized carbons (Fsp3) is 0.440. The number of rotatable bonds is 12. The third-order valence-corrected chi connectivity index (χ3v) is 7.72. The third-order valence-electron chi connectivity index (χ3n) is 5.84. The Morgan fingerprint density at radius 3 is 2.19 bits per heavy atom. The zero-order chi connectivity index (χ0) is 27.9. The van der Waals surface area contributed by atoms with E-state index in [-0.39, 0.29) is 24.2 Å². The van der Waals surface area contributed by atoms with Gasteiger partial charge in [-0.15, -0.1) is 0 Å². The van der Waals surface area contributed by atoms with Gasteiger partial charge in [-0.05, 0) is 50.1 Å². The Morgan fingerprint density at radius 1 is 1.00 bits per heavy atom. The maximum absolute atomic E-state index is 13.6. The monoisotopic (exact) mass is 573 g/mol. The minimum Gasteiger partial charge on any atom is -0.493 e. The lowest BCUT2D eigenvalue weighted by molar-refractivity contribution is -0.139. The number of hydrogen-bond donors (Lipinski definition) is 1. The number of ether oxygens (including phenoxy) is 2. The number of anilines is 1. The van der Waals surface area contributed by atoms with Crippen LogP contribution in [0.5, 0.6) is 11.5 Å². The molecule has 2 amide bonds. The molecule has 1 N–H and O–H groups in total. The van der Waals surface area contributed by atoms with Crippen LogP contribution in [0.15, 0.2) is 36.4 Å². The summed E-state index contributed by atoms with van der Waals surface area (Å²) in [5.74, 6) is -0.240. The van der Waals surface area contributed by atoms with Crippen LogP contribution >= 0.6 is 23.2 Å². The molecule has 0 fully saturated rings. The second-order valence-electron chi connectivity index (χ2n) is 8.57. The summed E-state index contributed by atoms with van der Waals surface area (Å²) in [5, 5.41) is 3.52. The molecule has 2 aromatic carbocycles. The van der Waals surface area contributed by atoms with Crippen LogP contribution in [0.1, 0.15) is 32.8 Å². The van der Waals surface area contributed by atoms with Crippen LogP contribution in [0.3, 0.4) is 0 Å². The Morgan fingerprint density at radius 2 is 1.65 bits per heavy atom. The van der Waals surface area contributed by atoms with Crippen molar-refractivity contribution in [2.75, 3.05) is 31.3 Å². The van der Waals surface area contributed by atoms with Crippen LogP contribution in [0, 0.1) is 0 Å². The van der Waals surface area contributed by atoms with Gasteiger partial charge < -0.3 is 19.7 Å². The molecule has 37 heavy (non-hydrogen) atoms. The van der Waals surface area contributed by atoms with Crippen molar-refractivity contribution in [2.24, 2.45) is 0 Å². The number of amides is 2. The molecule has 9 nitrogen and oxygen atoms in total. The van der Waals surface area contributed by atoms with Crippen molar-refractivity contribution >= 4 is 50.7 Å². The van der Waals surface area contributed by atoms with Gasteiger partial charge in [0.15, 0.2) is 11.5 Å². The highest BCUT2D eigenvalue weighted by atomic mass is 35.5. The molecule has 0 aliphatic carbocycles. The largest absolute Gasteiger partial charge is 0.493 e. The maximum atomic E-state index is 13.6. The Labute approximate surface area is 228 Å². The van der Waals surface area contributed by atoms with E-state index in [0.717, 1.165) is 10.6 Å². The molecule has 2 rings (SSSR count). The summed E-state index contributed by atoms with van der Waals surface area (Å²) in [6.45, 7) is 4.85. The normalized spacial score (nSPS) is 12.9. The smallest absolute Gasteiger partial charge is 0.244 e. The summed E-state index contributed by atoms with van der Waals surface area (Å²) < 4.78 is 37.0. The summed E-state index contributed by atoms with van der Waals surface area (Å²) in [5.41, 5.74) is 0.836. The molecule has 0 bridgehead atoms. The van der Waals surface area contributed by atoms with Crippen LogP contribution in [0.4, 0.5) is 5.69 Å². The SMILES string of the molecule is CCC(C)NC(=O)C(C)N(Cc1ccc(Cl)c(Cl)c1)C(=O)CN(c1ccc(OC)c(OC)c1)S(C)(=O)=O. The molecule has 0 aromatic heterocycles. The van der Waals surface area contributed by atoms with Crippen molar-refractivity contribution < 1.29 is 27.5 Å². The van der Waals surface area contributed by atoms with Crippen LogP contribution in [0.2, 0.25) is 10.0 Å². The molecule has 2 atom stereocenters. The van der Waals surface area contributed by atoms with Gasteiger partial charge >= 0.3 is 0 Å². The highest BCUT2D eigenvalue weighted by Gasteiger charge is 2.31. The standard InChI is InChI=1S/C25H33Cl2N3O6S/c1-7-16(2)28-25(32)17(3)29(14-18-8-10-20(26)21(27)12-18)24(31)15-30(37(6,33)34)19-9-11-22(35-4)23(13-19)36-5/h8-13,16-17H,7,14-15H2,1-6H3,(H,28,32). The van der Waals surface area contributed by atoms with Gasteiger partial charge in [-0.1, -0.05) is 36.2 Å². The van der Waals surface area contributed by atoms with Gasteiger partial charge in [0.25, 0.3) is 0 Å². The third kappa shape index (κ3) is 8.15. The zero-order valence-corrected chi connectivity index (χ0v) is 24.1. The maximum Gasteiger partial charge on any atom is 0.244 e. The van der Waals surface area contributed by atoms with Gasteiger partial charge in [-0.25, -0.2) is 8.42 Å².